The molecule has 0 aliphatic heterocycles. The van der Waals surface area contributed by atoms with Crippen molar-refractivity contribution in [3.05, 3.63) is 84.9 Å². The van der Waals surface area contributed by atoms with Crippen molar-refractivity contribution in [2.75, 3.05) is 0 Å². The molecule has 0 N–H and O–H groups in total. The van der Waals surface area contributed by atoms with Crippen LogP contribution in [0.4, 0.5) is 0 Å². The standard InChI is InChI=1S/C18H14P.Pd/c1-4-10-16(11-5-1)19(17-12-6-2-7-13-17)18-14-8-3-9-15-18;/h1-2,4-15H;. The van der Waals surface area contributed by atoms with Crippen molar-refractivity contribution in [3.8, 4) is 0 Å². The van der Waals surface area contributed by atoms with E-state index in [0.717, 1.165) is 4.04 Å². The number of hydrogen-bond acceptors (Lipinski definition) is 0. The molecule has 0 nitrogen and oxygen atoms in total. The molecular formula is C18H14PPd. The van der Waals surface area contributed by atoms with E-state index in [1.165, 1.54) is 15.9 Å². The molecule has 0 atom stereocenters. The van der Waals surface area contributed by atoms with Gasteiger partial charge in [-0.05, 0) is 0 Å². The summed E-state index contributed by atoms with van der Waals surface area (Å²) >= 11 is 3.24. The van der Waals surface area contributed by atoms with Gasteiger partial charge in [-0.15, -0.1) is 0 Å². The van der Waals surface area contributed by atoms with Crippen LogP contribution < -0.4 is 19.9 Å². The Bertz CT molecular complexity index is 623. The van der Waals surface area contributed by atoms with E-state index in [2.05, 4.69) is 104 Å². The molecule has 0 radical (unpaired) electrons. The maximum atomic E-state index is 3.24. The second-order valence-corrected chi connectivity index (χ2v) is 7.56. The monoisotopic (exact) mass is 367 g/mol. The number of hydrogen-bond donors (Lipinski definition) is 0. The molecule has 0 spiro atoms. The van der Waals surface area contributed by atoms with Crippen molar-refractivity contribution in [3.63, 3.8) is 0 Å². The van der Waals surface area contributed by atoms with Crippen LogP contribution in [0.2, 0.25) is 0 Å². The van der Waals surface area contributed by atoms with Crippen molar-refractivity contribution in [2.24, 2.45) is 0 Å². The first-order chi connectivity index (χ1) is 9.84. The summed E-state index contributed by atoms with van der Waals surface area (Å²) < 4.78 is 1.16. The topological polar surface area (TPSA) is 0 Å². The van der Waals surface area contributed by atoms with E-state index in [4.69, 9.17) is 0 Å². The molecule has 101 valence electrons. The minimum atomic E-state index is -0.475. The van der Waals surface area contributed by atoms with Gasteiger partial charge in [0.15, 0.2) is 0 Å². The van der Waals surface area contributed by atoms with E-state index in [-0.39, 0.29) is 0 Å². The maximum absolute atomic E-state index is 3.24. The summed E-state index contributed by atoms with van der Waals surface area (Å²) in [5.74, 6) is 0. The molecule has 0 amide bonds. The van der Waals surface area contributed by atoms with E-state index in [1.807, 2.05) is 0 Å². The SMILES string of the molecule is [Pd][c]1ccc(P(c2ccccc2)c2ccccc2)cc1. The summed E-state index contributed by atoms with van der Waals surface area (Å²) in [6.07, 6.45) is 0. The second kappa shape index (κ2) is 6.47. The molecule has 0 aromatic heterocycles. The molecule has 0 fully saturated rings. The first-order valence-electron chi connectivity index (χ1n) is 6.47. The molecule has 0 aliphatic carbocycles. The molecule has 3 aromatic carbocycles. The van der Waals surface area contributed by atoms with Gasteiger partial charge in [0, 0.05) is 0 Å². The van der Waals surface area contributed by atoms with Gasteiger partial charge in [0.25, 0.3) is 0 Å². The predicted molar refractivity (Wildman–Crippen MR) is 84.8 cm³/mol. The van der Waals surface area contributed by atoms with Gasteiger partial charge in [-0.1, -0.05) is 0 Å². The van der Waals surface area contributed by atoms with E-state index >= 15 is 0 Å². The fourth-order valence-electron chi connectivity index (χ4n) is 2.18. The van der Waals surface area contributed by atoms with E-state index < -0.39 is 7.92 Å². The zero-order chi connectivity index (χ0) is 13.8. The molecule has 20 heavy (non-hydrogen) atoms. The Balaban J connectivity index is 2.11. The van der Waals surface area contributed by atoms with Crippen molar-refractivity contribution < 1.29 is 19.2 Å². The number of benzene rings is 3. The van der Waals surface area contributed by atoms with E-state index in [0.29, 0.717) is 0 Å². The average molecular weight is 368 g/mol. The Morgan fingerprint density at radius 2 is 0.900 bits per heavy atom. The molecule has 3 aromatic rings. The molecule has 0 saturated heterocycles. The van der Waals surface area contributed by atoms with Crippen LogP contribution in [0.5, 0.6) is 0 Å². The zero-order valence-electron chi connectivity index (χ0n) is 10.8. The Morgan fingerprint density at radius 1 is 0.500 bits per heavy atom. The third kappa shape index (κ3) is 3.08. The molecule has 0 aliphatic rings. The van der Waals surface area contributed by atoms with Gasteiger partial charge < -0.3 is 0 Å². The Kier molecular flexibility index (Phi) is 4.44. The molecule has 0 bridgehead atoms. The van der Waals surface area contributed by atoms with Crippen LogP contribution in [0.15, 0.2) is 84.9 Å². The van der Waals surface area contributed by atoms with Gasteiger partial charge in [-0.3, -0.25) is 0 Å². The molecular weight excluding hydrogens is 354 g/mol. The quantitative estimate of drug-likeness (QED) is 0.493. The van der Waals surface area contributed by atoms with Crippen LogP contribution in [0.1, 0.15) is 0 Å². The van der Waals surface area contributed by atoms with Crippen molar-refractivity contribution in [1.82, 2.24) is 0 Å². The van der Waals surface area contributed by atoms with Crippen LogP contribution in [0.25, 0.3) is 0 Å². The molecule has 0 heterocycles. The molecule has 2 heteroatoms. The normalized spacial score (nSPS) is 10.8. The molecule has 0 unspecified atom stereocenters. The third-order valence-electron chi connectivity index (χ3n) is 3.09. The van der Waals surface area contributed by atoms with Crippen LogP contribution in [0.3, 0.4) is 0 Å². The minimum absolute atomic E-state index is 0.475. The van der Waals surface area contributed by atoms with Gasteiger partial charge in [-0.2, -0.15) is 0 Å². The van der Waals surface area contributed by atoms with Gasteiger partial charge in [0.1, 0.15) is 0 Å². The Morgan fingerprint density at radius 3 is 1.35 bits per heavy atom. The molecule has 3 rings (SSSR count). The molecule has 0 saturated carbocycles. The van der Waals surface area contributed by atoms with E-state index in [1.54, 1.807) is 0 Å². The summed E-state index contributed by atoms with van der Waals surface area (Å²) in [7, 11) is -0.475. The van der Waals surface area contributed by atoms with Crippen LogP contribution >= 0.6 is 7.92 Å². The summed E-state index contributed by atoms with van der Waals surface area (Å²) in [6, 6.07) is 30.3. The second-order valence-electron chi connectivity index (χ2n) is 4.45. The van der Waals surface area contributed by atoms with Crippen LogP contribution in [0, 0.1) is 0 Å². The van der Waals surface area contributed by atoms with Crippen LogP contribution in [-0.2, 0) is 19.2 Å². The van der Waals surface area contributed by atoms with E-state index in [9.17, 15) is 0 Å². The van der Waals surface area contributed by atoms with Gasteiger partial charge in [0.2, 0.25) is 0 Å². The predicted octanol–water partition coefficient (Wildman–Crippen LogP) is 2.62. The third-order valence-corrected chi connectivity index (χ3v) is 6.05. The van der Waals surface area contributed by atoms with Crippen molar-refractivity contribution >= 4 is 27.9 Å². The Hall–Kier alpha value is -1.25. The van der Waals surface area contributed by atoms with Crippen LogP contribution in [-0.4, -0.2) is 0 Å². The summed E-state index contributed by atoms with van der Waals surface area (Å²) in [5, 5.41) is 4.16. The summed E-state index contributed by atoms with van der Waals surface area (Å²) in [6.45, 7) is 0. The van der Waals surface area contributed by atoms with Crippen molar-refractivity contribution in [2.45, 2.75) is 0 Å². The summed E-state index contributed by atoms with van der Waals surface area (Å²) in [4.78, 5) is 0. The van der Waals surface area contributed by atoms with Gasteiger partial charge >= 0.3 is 132 Å². The zero-order valence-corrected chi connectivity index (χ0v) is 13.3. The van der Waals surface area contributed by atoms with Gasteiger partial charge in [0.05, 0.1) is 0 Å². The number of rotatable bonds is 3. The first kappa shape index (κ1) is 13.7. The van der Waals surface area contributed by atoms with Gasteiger partial charge in [-0.25, -0.2) is 0 Å². The van der Waals surface area contributed by atoms with Crippen molar-refractivity contribution in [1.29, 1.82) is 0 Å². The summed E-state index contributed by atoms with van der Waals surface area (Å²) in [5.41, 5.74) is 0. The Labute approximate surface area is 132 Å². The fraction of sp³-hybridized carbons (Fsp3) is 0. The first-order valence-corrected chi connectivity index (χ1v) is 8.59. The fourth-order valence-corrected chi connectivity index (χ4v) is 4.72. The average Bonchev–Trinajstić information content (AvgIpc) is 2.52.